The van der Waals surface area contributed by atoms with Crippen LogP contribution in [0.2, 0.25) is 0 Å². The number of rotatable bonds is 4. The fourth-order valence-electron chi connectivity index (χ4n) is 2.54. The van der Waals surface area contributed by atoms with Crippen LogP contribution in [-0.2, 0) is 13.1 Å². The highest BCUT2D eigenvalue weighted by Crippen LogP contribution is 2.25. The van der Waals surface area contributed by atoms with Crippen LogP contribution in [0.5, 0.6) is 0 Å². The highest BCUT2D eigenvalue weighted by Gasteiger charge is 2.14. The van der Waals surface area contributed by atoms with Gasteiger partial charge in [-0.05, 0) is 35.7 Å². The summed E-state index contributed by atoms with van der Waals surface area (Å²) in [6.07, 6.45) is 1.81. The Bertz CT molecular complexity index is 744. The molecule has 2 N–H and O–H groups in total. The van der Waals surface area contributed by atoms with E-state index in [0.29, 0.717) is 12.5 Å². The first-order chi connectivity index (χ1) is 10.2. The van der Waals surface area contributed by atoms with Crippen molar-refractivity contribution in [3.63, 3.8) is 0 Å². The Kier molecular flexibility index (Phi) is 3.71. The van der Waals surface area contributed by atoms with Crippen LogP contribution in [0.4, 0.5) is 0 Å². The van der Waals surface area contributed by atoms with Crippen molar-refractivity contribution >= 4 is 11.0 Å². The zero-order valence-corrected chi connectivity index (χ0v) is 12.5. The molecule has 0 spiro atoms. The summed E-state index contributed by atoms with van der Waals surface area (Å²) in [5, 5.41) is 0. The lowest BCUT2D eigenvalue weighted by atomic mass is 10.2. The Morgan fingerprint density at radius 3 is 2.71 bits per heavy atom. The summed E-state index contributed by atoms with van der Waals surface area (Å²) >= 11 is 0. The van der Waals surface area contributed by atoms with Crippen molar-refractivity contribution in [3.05, 3.63) is 48.2 Å². The summed E-state index contributed by atoms with van der Waals surface area (Å²) in [7, 11) is 0. The van der Waals surface area contributed by atoms with E-state index in [0.717, 1.165) is 34.7 Å². The molecule has 108 valence electrons. The minimum absolute atomic E-state index is 0.534. The van der Waals surface area contributed by atoms with Crippen molar-refractivity contribution in [2.45, 2.75) is 26.9 Å². The maximum Gasteiger partial charge on any atom is 0.159 e. The molecule has 2 heterocycles. The predicted molar refractivity (Wildman–Crippen MR) is 85.7 cm³/mol. The Morgan fingerprint density at radius 2 is 2.05 bits per heavy atom. The molecule has 0 saturated heterocycles. The van der Waals surface area contributed by atoms with Crippen molar-refractivity contribution in [2.75, 3.05) is 0 Å². The number of hydrogen-bond acceptors (Lipinski definition) is 3. The molecule has 3 aromatic rings. The van der Waals surface area contributed by atoms with E-state index in [2.05, 4.69) is 41.6 Å². The van der Waals surface area contributed by atoms with Gasteiger partial charge in [-0.25, -0.2) is 4.98 Å². The molecule has 0 radical (unpaired) electrons. The van der Waals surface area contributed by atoms with E-state index >= 15 is 0 Å². The van der Waals surface area contributed by atoms with Crippen LogP contribution in [0.15, 0.2) is 42.6 Å². The molecule has 0 amide bonds. The van der Waals surface area contributed by atoms with Crippen molar-refractivity contribution in [3.8, 4) is 11.5 Å². The van der Waals surface area contributed by atoms with Gasteiger partial charge >= 0.3 is 0 Å². The second-order valence-corrected chi connectivity index (χ2v) is 5.68. The molecule has 0 aliphatic rings. The fourth-order valence-corrected chi connectivity index (χ4v) is 2.54. The van der Waals surface area contributed by atoms with Gasteiger partial charge in [0.2, 0.25) is 0 Å². The second-order valence-electron chi connectivity index (χ2n) is 5.68. The standard InChI is InChI=1S/C17H20N4/c1-12(2)11-21-16-7-6-13(10-18)9-15(16)20-17(21)14-5-3-4-8-19-14/h3-9,12H,10-11,18H2,1-2H3. The van der Waals surface area contributed by atoms with Crippen LogP contribution in [-0.4, -0.2) is 14.5 Å². The van der Waals surface area contributed by atoms with E-state index < -0.39 is 0 Å². The number of imidazole rings is 1. The molecule has 0 aliphatic carbocycles. The monoisotopic (exact) mass is 280 g/mol. The number of fused-ring (bicyclic) bond motifs is 1. The van der Waals surface area contributed by atoms with Crippen molar-refractivity contribution < 1.29 is 0 Å². The first-order valence-corrected chi connectivity index (χ1v) is 7.29. The number of nitrogens with two attached hydrogens (primary N) is 1. The van der Waals surface area contributed by atoms with Crippen LogP contribution < -0.4 is 5.73 Å². The summed E-state index contributed by atoms with van der Waals surface area (Å²) in [5.41, 5.74) is 9.86. The van der Waals surface area contributed by atoms with E-state index in [1.54, 1.807) is 6.20 Å². The van der Waals surface area contributed by atoms with E-state index in [-0.39, 0.29) is 0 Å². The number of benzene rings is 1. The Labute approximate surface area is 124 Å². The maximum atomic E-state index is 5.73. The van der Waals surface area contributed by atoms with E-state index in [4.69, 9.17) is 10.7 Å². The maximum absolute atomic E-state index is 5.73. The smallest absolute Gasteiger partial charge is 0.159 e. The van der Waals surface area contributed by atoms with Gasteiger partial charge < -0.3 is 10.3 Å². The number of aromatic nitrogens is 3. The molecule has 0 atom stereocenters. The first-order valence-electron chi connectivity index (χ1n) is 7.29. The van der Waals surface area contributed by atoms with Gasteiger partial charge in [0.05, 0.1) is 11.0 Å². The molecule has 0 aliphatic heterocycles. The molecule has 0 fully saturated rings. The zero-order chi connectivity index (χ0) is 14.8. The van der Waals surface area contributed by atoms with Crippen LogP contribution in [0.1, 0.15) is 19.4 Å². The van der Waals surface area contributed by atoms with E-state index in [1.165, 1.54) is 0 Å². The van der Waals surface area contributed by atoms with Crippen molar-refractivity contribution in [2.24, 2.45) is 11.7 Å². The molecule has 21 heavy (non-hydrogen) atoms. The molecule has 4 nitrogen and oxygen atoms in total. The van der Waals surface area contributed by atoms with Crippen molar-refractivity contribution in [1.29, 1.82) is 0 Å². The summed E-state index contributed by atoms with van der Waals surface area (Å²) in [6.45, 7) is 5.88. The number of nitrogens with zero attached hydrogens (tertiary/aromatic N) is 3. The third-order valence-corrected chi connectivity index (χ3v) is 3.49. The zero-order valence-electron chi connectivity index (χ0n) is 12.5. The largest absolute Gasteiger partial charge is 0.326 e. The molecule has 0 bridgehead atoms. The van der Waals surface area contributed by atoms with Gasteiger partial charge in [-0.15, -0.1) is 0 Å². The molecule has 1 aromatic carbocycles. The lowest BCUT2D eigenvalue weighted by molar-refractivity contribution is 0.536. The van der Waals surface area contributed by atoms with Gasteiger partial charge in [-0.2, -0.15) is 0 Å². The minimum Gasteiger partial charge on any atom is -0.326 e. The second kappa shape index (κ2) is 5.66. The van der Waals surface area contributed by atoms with Gasteiger partial charge in [-0.1, -0.05) is 26.0 Å². The van der Waals surface area contributed by atoms with E-state index in [9.17, 15) is 0 Å². The molecular weight excluding hydrogens is 260 g/mol. The molecule has 2 aromatic heterocycles. The van der Waals surface area contributed by atoms with Gasteiger partial charge in [0, 0.05) is 19.3 Å². The summed E-state index contributed by atoms with van der Waals surface area (Å²) in [6, 6.07) is 12.2. The summed E-state index contributed by atoms with van der Waals surface area (Å²) in [4.78, 5) is 9.24. The lowest BCUT2D eigenvalue weighted by Crippen LogP contribution is -2.06. The minimum atomic E-state index is 0.534. The van der Waals surface area contributed by atoms with Crippen LogP contribution in [0, 0.1) is 5.92 Å². The van der Waals surface area contributed by atoms with Crippen LogP contribution in [0.3, 0.4) is 0 Å². The van der Waals surface area contributed by atoms with Crippen LogP contribution in [0.25, 0.3) is 22.6 Å². The quantitative estimate of drug-likeness (QED) is 0.798. The van der Waals surface area contributed by atoms with Gasteiger partial charge in [-0.3, -0.25) is 4.98 Å². The number of pyridine rings is 1. The molecule has 4 heteroatoms. The lowest BCUT2D eigenvalue weighted by Gasteiger charge is -2.11. The summed E-state index contributed by atoms with van der Waals surface area (Å²) < 4.78 is 2.25. The molecule has 0 unspecified atom stereocenters. The first kappa shape index (κ1) is 13.8. The summed E-state index contributed by atoms with van der Waals surface area (Å²) in [5.74, 6) is 1.47. The molecule has 3 rings (SSSR count). The SMILES string of the molecule is CC(C)Cn1c(-c2ccccn2)nc2cc(CN)ccc21. The van der Waals surface area contributed by atoms with E-state index in [1.807, 2.05) is 18.2 Å². The van der Waals surface area contributed by atoms with Gasteiger partial charge in [0.25, 0.3) is 0 Å². The molecular formula is C17H20N4. The number of hydrogen-bond donors (Lipinski definition) is 1. The van der Waals surface area contributed by atoms with Gasteiger partial charge in [0.1, 0.15) is 5.69 Å². The average molecular weight is 280 g/mol. The van der Waals surface area contributed by atoms with Crippen molar-refractivity contribution in [1.82, 2.24) is 14.5 Å². The average Bonchev–Trinajstić information content (AvgIpc) is 2.85. The Balaban J connectivity index is 2.22. The predicted octanol–water partition coefficient (Wildman–Crippen LogP) is 3.21. The Hall–Kier alpha value is -2.20. The fraction of sp³-hybridized carbons (Fsp3) is 0.294. The van der Waals surface area contributed by atoms with Crippen LogP contribution >= 0.6 is 0 Å². The Morgan fingerprint density at radius 1 is 1.19 bits per heavy atom. The van der Waals surface area contributed by atoms with Gasteiger partial charge in [0.15, 0.2) is 5.82 Å². The normalized spacial score (nSPS) is 11.4. The third kappa shape index (κ3) is 2.67. The molecule has 0 saturated carbocycles. The highest BCUT2D eigenvalue weighted by molar-refractivity contribution is 5.80. The third-order valence-electron chi connectivity index (χ3n) is 3.49. The topological polar surface area (TPSA) is 56.7 Å². The highest BCUT2D eigenvalue weighted by atomic mass is 15.1.